The van der Waals surface area contributed by atoms with Crippen LogP contribution in [0.5, 0.6) is 0 Å². The minimum absolute atomic E-state index is 0.0640. The van der Waals surface area contributed by atoms with E-state index in [1.807, 2.05) is 30.3 Å². The van der Waals surface area contributed by atoms with Gasteiger partial charge >= 0.3 is 0 Å². The summed E-state index contributed by atoms with van der Waals surface area (Å²) < 4.78 is 16.9. The van der Waals surface area contributed by atoms with Crippen LogP contribution in [-0.2, 0) is 14.0 Å². The molecule has 21 heavy (non-hydrogen) atoms. The SMILES string of the molecule is NCC(CNc1ccccc1)OC1CCCC(COP)O1. The highest BCUT2D eigenvalue weighted by Crippen LogP contribution is 2.21. The molecule has 6 heteroatoms. The number of anilines is 1. The van der Waals surface area contributed by atoms with Gasteiger partial charge in [0, 0.05) is 28.2 Å². The van der Waals surface area contributed by atoms with Crippen molar-refractivity contribution >= 4 is 15.2 Å². The fraction of sp³-hybridized carbons (Fsp3) is 0.600. The summed E-state index contributed by atoms with van der Waals surface area (Å²) in [6.45, 7) is 1.72. The first kappa shape index (κ1) is 16.7. The third kappa shape index (κ3) is 5.89. The molecule has 1 aliphatic heterocycles. The number of rotatable bonds is 8. The van der Waals surface area contributed by atoms with E-state index in [-0.39, 0.29) is 18.5 Å². The van der Waals surface area contributed by atoms with Crippen LogP contribution in [0.15, 0.2) is 30.3 Å². The fourth-order valence-electron chi connectivity index (χ4n) is 2.38. The lowest BCUT2D eigenvalue weighted by molar-refractivity contribution is -0.214. The molecule has 4 unspecified atom stereocenters. The van der Waals surface area contributed by atoms with Gasteiger partial charge in [-0.3, -0.25) is 0 Å². The Morgan fingerprint density at radius 3 is 2.86 bits per heavy atom. The topological polar surface area (TPSA) is 65.7 Å². The second-order valence-electron chi connectivity index (χ2n) is 5.19. The summed E-state index contributed by atoms with van der Waals surface area (Å²) in [6, 6.07) is 10.0. The Kier molecular flexibility index (Phi) is 7.41. The lowest BCUT2D eigenvalue weighted by Gasteiger charge is -2.32. The number of nitrogens with one attached hydrogen (secondary N) is 1. The molecule has 1 heterocycles. The van der Waals surface area contributed by atoms with Crippen LogP contribution in [0.25, 0.3) is 0 Å². The summed E-state index contributed by atoms with van der Waals surface area (Å²) in [4.78, 5) is 0. The number of nitrogens with two attached hydrogens (primary N) is 1. The molecule has 1 fully saturated rings. The standard InChI is InChI=1S/C15H25N2O3P/c16-9-14(10-17-12-5-2-1-3-6-12)20-15-8-4-7-13(19-15)11-18-21/h1-3,5-6,13-15,17H,4,7-11,16,21H2. The molecule has 1 aliphatic rings. The summed E-state index contributed by atoms with van der Waals surface area (Å²) in [5.41, 5.74) is 6.87. The van der Waals surface area contributed by atoms with Gasteiger partial charge in [-0.1, -0.05) is 18.2 Å². The molecule has 1 saturated heterocycles. The maximum Gasteiger partial charge on any atom is 0.158 e. The van der Waals surface area contributed by atoms with Gasteiger partial charge in [-0.05, 0) is 31.4 Å². The molecule has 0 radical (unpaired) electrons. The third-order valence-corrected chi connectivity index (χ3v) is 3.70. The second-order valence-corrected chi connectivity index (χ2v) is 5.53. The molecule has 2 rings (SSSR count). The predicted molar refractivity (Wildman–Crippen MR) is 87.0 cm³/mol. The van der Waals surface area contributed by atoms with E-state index in [9.17, 15) is 0 Å². The summed E-state index contributed by atoms with van der Waals surface area (Å²) in [6.07, 6.45) is 2.88. The number of hydrogen-bond donors (Lipinski definition) is 2. The van der Waals surface area contributed by atoms with Crippen molar-refractivity contribution in [3.63, 3.8) is 0 Å². The lowest BCUT2D eigenvalue weighted by atomic mass is 10.1. The van der Waals surface area contributed by atoms with Crippen molar-refractivity contribution in [2.75, 3.05) is 25.0 Å². The largest absolute Gasteiger partial charge is 0.382 e. The Hall–Kier alpha value is -0.710. The first-order valence-corrected chi connectivity index (χ1v) is 7.90. The average Bonchev–Trinajstić information content (AvgIpc) is 2.53. The zero-order valence-electron chi connectivity index (χ0n) is 12.2. The number of hydrogen-bond acceptors (Lipinski definition) is 5. The van der Waals surface area contributed by atoms with Crippen molar-refractivity contribution in [3.8, 4) is 0 Å². The zero-order chi connectivity index (χ0) is 14.9. The number of benzene rings is 1. The summed E-state index contributed by atoms with van der Waals surface area (Å²) in [5.74, 6) is 0. The molecule has 118 valence electrons. The van der Waals surface area contributed by atoms with Crippen molar-refractivity contribution < 1.29 is 14.0 Å². The molecule has 5 nitrogen and oxygen atoms in total. The third-order valence-electron chi connectivity index (χ3n) is 3.51. The van der Waals surface area contributed by atoms with Crippen molar-refractivity contribution in [2.45, 2.75) is 37.8 Å². The van der Waals surface area contributed by atoms with E-state index in [4.69, 9.17) is 19.7 Å². The van der Waals surface area contributed by atoms with Crippen LogP contribution < -0.4 is 11.1 Å². The van der Waals surface area contributed by atoms with E-state index in [1.165, 1.54) is 0 Å². The summed E-state index contributed by atoms with van der Waals surface area (Å²) in [7, 11) is 2.26. The quantitative estimate of drug-likeness (QED) is 0.720. The van der Waals surface area contributed by atoms with Gasteiger partial charge in [0.15, 0.2) is 6.29 Å². The molecule has 0 amide bonds. The molecule has 0 aromatic heterocycles. The van der Waals surface area contributed by atoms with Gasteiger partial charge < -0.3 is 25.0 Å². The minimum atomic E-state index is -0.185. The van der Waals surface area contributed by atoms with Gasteiger partial charge in [-0.2, -0.15) is 0 Å². The molecule has 0 spiro atoms. The van der Waals surface area contributed by atoms with Crippen LogP contribution in [0.2, 0.25) is 0 Å². The van der Waals surface area contributed by atoms with Crippen LogP contribution in [0.4, 0.5) is 5.69 Å². The van der Waals surface area contributed by atoms with Gasteiger partial charge in [0.05, 0.1) is 18.8 Å². The highest BCUT2D eigenvalue weighted by atomic mass is 31.0. The molecular weight excluding hydrogens is 287 g/mol. The smallest absolute Gasteiger partial charge is 0.158 e. The lowest BCUT2D eigenvalue weighted by Crippen LogP contribution is -2.39. The van der Waals surface area contributed by atoms with Crippen LogP contribution in [0.3, 0.4) is 0 Å². The molecular formula is C15H25N2O3P. The zero-order valence-corrected chi connectivity index (χ0v) is 13.4. The van der Waals surface area contributed by atoms with Crippen molar-refractivity contribution in [2.24, 2.45) is 5.73 Å². The molecule has 1 aromatic rings. The Labute approximate surface area is 128 Å². The van der Waals surface area contributed by atoms with Crippen molar-refractivity contribution in [1.29, 1.82) is 0 Å². The van der Waals surface area contributed by atoms with Gasteiger partial charge in [-0.25, -0.2) is 0 Å². The Morgan fingerprint density at radius 1 is 1.33 bits per heavy atom. The van der Waals surface area contributed by atoms with E-state index in [2.05, 4.69) is 14.8 Å². The Morgan fingerprint density at radius 2 is 2.14 bits per heavy atom. The molecule has 4 atom stereocenters. The van der Waals surface area contributed by atoms with Gasteiger partial charge in [0.2, 0.25) is 0 Å². The number of ether oxygens (including phenoxy) is 2. The van der Waals surface area contributed by atoms with E-state index in [0.717, 1.165) is 24.9 Å². The van der Waals surface area contributed by atoms with Crippen LogP contribution in [0, 0.1) is 0 Å². The summed E-state index contributed by atoms with van der Waals surface area (Å²) in [5, 5.41) is 3.33. The van der Waals surface area contributed by atoms with Crippen molar-refractivity contribution in [3.05, 3.63) is 30.3 Å². The first-order valence-electron chi connectivity index (χ1n) is 7.43. The predicted octanol–water partition coefficient (Wildman–Crippen LogP) is 2.14. The molecule has 1 aromatic carbocycles. The molecule has 3 N–H and O–H groups in total. The first-order chi connectivity index (χ1) is 10.3. The van der Waals surface area contributed by atoms with Gasteiger partial charge in [-0.15, -0.1) is 0 Å². The van der Waals surface area contributed by atoms with Gasteiger partial charge in [0.25, 0.3) is 0 Å². The normalized spacial score (nSPS) is 23.7. The van der Waals surface area contributed by atoms with Crippen LogP contribution in [-0.4, -0.2) is 38.2 Å². The van der Waals surface area contributed by atoms with E-state index < -0.39 is 0 Å². The maximum atomic E-state index is 5.97. The van der Waals surface area contributed by atoms with Crippen molar-refractivity contribution in [1.82, 2.24) is 0 Å². The Bertz CT molecular complexity index is 392. The maximum absolute atomic E-state index is 5.97. The molecule has 0 saturated carbocycles. The molecule has 0 bridgehead atoms. The second kappa shape index (κ2) is 9.34. The monoisotopic (exact) mass is 312 g/mol. The summed E-state index contributed by atoms with van der Waals surface area (Å²) >= 11 is 0. The Balaban J connectivity index is 1.76. The van der Waals surface area contributed by atoms with E-state index in [1.54, 1.807) is 0 Å². The number of para-hydroxylation sites is 1. The van der Waals surface area contributed by atoms with Crippen LogP contribution >= 0.6 is 9.47 Å². The fourth-order valence-corrected chi connectivity index (χ4v) is 2.60. The van der Waals surface area contributed by atoms with Gasteiger partial charge in [0.1, 0.15) is 0 Å². The highest BCUT2D eigenvalue weighted by molar-refractivity contribution is 7.09. The highest BCUT2D eigenvalue weighted by Gasteiger charge is 2.25. The van der Waals surface area contributed by atoms with E-state index in [0.29, 0.717) is 19.7 Å². The van der Waals surface area contributed by atoms with Crippen LogP contribution in [0.1, 0.15) is 19.3 Å². The van der Waals surface area contributed by atoms with E-state index >= 15 is 0 Å². The molecule has 0 aliphatic carbocycles. The average molecular weight is 312 g/mol. The minimum Gasteiger partial charge on any atom is -0.382 e.